The summed E-state index contributed by atoms with van der Waals surface area (Å²) in [6, 6.07) is 8.44. The molecule has 3 fully saturated rings. The molecule has 3 aliphatic rings. The Hall–Kier alpha value is -2.08. The number of piperazine rings is 2. The Morgan fingerprint density at radius 2 is 1.69 bits per heavy atom. The van der Waals surface area contributed by atoms with E-state index in [4.69, 9.17) is 0 Å². The molecular weight excluding hydrogens is 364 g/mol. The number of benzene rings is 1. The standard InChI is InChI=1S/C23H34N4O2/c1-19-8-2-3-9-20(19)25-16-14-24(15-17-25)11-6-7-12-26-18-22(28)27-13-5-4-10-21(27)23(26)29/h2-3,8-9,21H,4-7,10-18H2,1H3/t21-/m1/s1. The number of unbranched alkanes of at least 4 members (excludes halogenated alkanes) is 1. The number of amides is 2. The summed E-state index contributed by atoms with van der Waals surface area (Å²) in [6.07, 6.45) is 4.99. The predicted molar refractivity (Wildman–Crippen MR) is 115 cm³/mol. The van der Waals surface area contributed by atoms with Crippen molar-refractivity contribution in [3.63, 3.8) is 0 Å². The maximum Gasteiger partial charge on any atom is 0.245 e. The number of anilines is 1. The third-order valence-electron chi connectivity index (χ3n) is 6.73. The highest BCUT2D eigenvalue weighted by Gasteiger charge is 2.39. The van der Waals surface area contributed by atoms with Crippen LogP contribution in [0.3, 0.4) is 0 Å². The van der Waals surface area contributed by atoms with Crippen molar-refractivity contribution in [3.05, 3.63) is 29.8 Å². The van der Waals surface area contributed by atoms with Crippen molar-refractivity contribution >= 4 is 17.5 Å². The molecule has 3 saturated heterocycles. The molecule has 0 aromatic heterocycles. The minimum Gasteiger partial charge on any atom is -0.369 e. The van der Waals surface area contributed by atoms with E-state index in [1.165, 1.54) is 11.3 Å². The molecule has 0 bridgehead atoms. The topological polar surface area (TPSA) is 47.1 Å². The maximum atomic E-state index is 12.7. The number of nitrogens with zero attached hydrogens (tertiary/aromatic N) is 4. The molecule has 0 saturated carbocycles. The molecule has 1 aromatic carbocycles. The molecule has 6 heteroatoms. The first-order valence-corrected chi connectivity index (χ1v) is 11.2. The van der Waals surface area contributed by atoms with Gasteiger partial charge in [0.25, 0.3) is 0 Å². The zero-order chi connectivity index (χ0) is 20.2. The predicted octanol–water partition coefficient (Wildman–Crippen LogP) is 2.12. The number of hydrogen-bond acceptors (Lipinski definition) is 4. The summed E-state index contributed by atoms with van der Waals surface area (Å²) in [4.78, 5) is 33.7. The molecule has 1 aromatic rings. The molecular formula is C23H34N4O2. The van der Waals surface area contributed by atoms with E-state index in [0.29, 0.717) is 0 Å². The summed E-state index contributed by atoms with van der Waals surface area (Å²) >= 11 is 0. The molecule has 6 nitrogen and oxygen atoms in total. The van der Waals surface area contributed by atoms with Crippen LogP contribution in [0.2, 0.25) is 0 Å². The van der Waals surface area contributed by atoms with Crippen LogP contribution in [0.1, 0.15) is 37.7 Å². The number of aryl methyl sites for hydroxylation is 1. The molecule has 158 valence electrons. The zero-order valence-corrected chi connectivity index (χ0v) is 17.7. The quantitative estimate of drug-likeness (QED) is 0.689. The normalized spacial score (nSPS) is 23.5. The lowest BCUT2D eigenvalue weighted by Crippen LogP contribution is -2.61. The SMILES string of the molecule is Cc1ccccc1N1CCN(CCCCN2CC(=O)N3CCCC[C@@H]3C2=O)CC1. The second-order valence-corrected chi connectivity index (χ2v) is 8.68. The van der Waals surface area contributed by atoms with Gasteiger partial charge in [-0.15, -0.1) is 0 Å². The molecule has 2 amide bonds. The van der Waals surface area contributed by atoms with E-state index in [2.05, 4.69) is 41.0 Å². The van der Waals surface area contributed by atoms with Gasteiger partial charge in [-0.1, -0.05) is 18.2 Å². The van der Waals surface area contributed by atoms with Gasteiger partial charge in [0.05, 0.1) is 6.54 Å². The first-order valence-electron chi connectivity index (χ1n) is 11.2. The first kappa shape index (κ1) is 20.2. The van der Waals surface area contributed by atoms with Gasteiger partial charge in [0.1, 0.15) is 6.04 Å². The van der Waals surface area contributed by atoms with Crippen LogP contribution < -0.4 is 4.90 Å². The Bertz CT molecular complexity index is 729. The third-order valence-corrected chi connectivity index (χ3v) is 6.73. The van der Waals surface area contributed by atoms with Gasteiger partial charge in [0.2, 0.25) is 11.8 Å². The van der Waals surface area contributed by atoms with Crippen LogP contribution in [-0.4, -0.2) is 84.9 Å². The Kier molecular flexibility index (Phi) is 6.38. The smallest absolute Gasteiger partial charge is 0.245 e. The van der Waals surface area contributed by atoms with Gasteiger partial charge < -0.3 is 14.7 Å². The van der Waals surface area contributed by atoms with E-state index in [0.717, 1.165) is 77.9 Å². The summed E-state index contributed by atoms with van der Waals surface area (Å²) < 4.78 is 0. The number of hydrogen-bond donors (Lipinski definition) is 0. The Balaban J connectivity index is 1.17. The van der Waals surface area contributed by atoms with Crippen LogP contribution in [-0.2, 0) is 9.59 Å². The maximum absolute atomic E-state index is 12.7. The Morgan fingerprint density at radius 1 is 0.931 bits per heavy atom. The average Bonchev–Trinajstić information content (AvgIpc) is 2.75. The van der Waals surface area contributed by atoms with Gasteiger partial charge in [-0.3, -0.25) is 14.5 Å². The van der Waals surface area contributed by atoms with Crippen LogP contribution in [0.4, 0.5) is 5.69 Å². The van der Waals surface area contributed by atoms with Crippen molar-refractivity contribution < 1.29 is 9.59 Å². The summed E-state index contributed by atoms with van der Waals surface area (Å²) in [6.45, 7) is 9.34. The van der Waals surface area contributed by atoms with Crippen molar-refractivity contribution in [2.45, 2.75) is 45.1 Å². The van der Waals surface area contributed by atoms with E-state index < -0.39 is 0 Å². The molecule has 3 heterocycles. The van der Waals surface area contributed by atoms with Gasteiger partial charge in [-0.25, -0.2) is 0 Å². The summed E-state index contributed by atoms with van der Waals surface area (Å²) in [5.74, 6) is 0.317. The van der Waals surface area contributed by atoms with Crippen LogP contribution in [0.5, 0.6) is 0 Å². The Labute approximate surface area is 174 Å². The summed E-state index contributed by atoms with van der Waals surface area (Å²) in [5, 5.41) is 0. The van der Waals surface area contributed by atoms with Crippen molar-refractivity contribution in [3.8, 4) is 0 Å². The van der Waals surface area contributed by atoms with Gasteiger partial charge in [-0.05, 0) is 57.2 Å². The van der Waals surface area contributed by atoms with Crippen molar-refractivity contribution in [1.29, 1.82) is 0 Å². The first-order chi connectivity index (χ1) is 14.1. The molecule has 0 N–H and O–H groups in total. The monoisotopic (exact) mass is 398 g/mol. The molecule has 0 spiro atoms. The minimum atomic E-state index is -0.181. The highest BCUT2D eigenvalue weighted by atomic mass is 16.2. The molecule has 1 atom stereocenters. The second-order valence-electron chi connectivity index (χ2n) is 8.68. The largest absolute Gasteiger partial charge is 0.369 e. The molecule has 0 radical (unpaired) electrons. The molecule has 0 aliphatic carbocycles. The Morgan fingerprint density at radius 3 is 2.48 bits per heavy atom. The van der Waals surface area contributed by atoms with Crippen molar-refractivity contribution in [2.75, 3.05) is 57.3 Å². The van der Waals surface area contributed by atoms with Crippen molar-refractivity contribution in [2.24, 2.45) is 0 Å². The highest BCUT2D eigenvalue weighted by Crippen LogP contribution is 2.24. The summed E-state index contributed by atoms with van der Waals surface area (Å²) in [5.41, 5.74) is 2.70. The van der Waals surface area contributed by atoms with E-state index in [-0.39, 0.29) is 24.4 Å². The van der Waals surface area contributed by atoms with Crippen LogP contribution in [0, 0.1) is 6.92 Å². The van der Waals surface area contributed by atoms with Gasteiger partial charge in [0, 0.05) is 45.0 Å². The minimum absolute atomic E-state index is 0.140. The average molecular weight is 399 g/mol. The number of para-hydroxylation sites is 1. The highest BCUT2D eigenvalue weighted by molar-refractivity contribution is 5.95. The van der Waals surface area contributed by atoms with E-state index in [1.54, 1.807) is 0 Å². The van der Waals surface area contributed by atoms with Crippen LogP contribution in [0.15, 0.2) is 24.3 Å². The molecule has 3 aliphatic heterocycles. The van der Waals surface area contributed by atoms with Crippen molar-refractivity contribution in [1.82, 2.24) is 14.7 Å². The summed E-state index contributed by atoms with van der Waals surface area (Å²) in [7, 11) is 0. The van der Waals surface area contributed by atoms with Gasteiger partial charge in [0.15, 0.2) is 0 Å². The third kappa shape index (κ3) is 4.58. The van der Waals surface area contributed by atoms with E-state index in [9.17, 15) is 9.59 Å². The fourth-order valence-corrected chi connectivity index (χ4v) is 4.99. The molecule has 29 heavy (non-hydrogen) atoms. The number of fused-ring (bicyclic) bond motifs is 1. The zero-order valence-electron chi connectivity index (χ0n) is 17.7. The second kappa shape index (κ2) is 9.16. The van der Waals surface area contributed by atoms with Gasteiger partial charge in [-0.2, -0.15) is 0 Å². The fourth-order valence-electron chi connectivity index (χ4n) is 4.99. The number of rotatable bonds is 6. The van der Waals surface area contributed by atoms with E-state index >= 15 is 0 Å². The van der Waals surface area contributed by atoms with Crippen LogP contribution >= 0.6 is 0 Å². The molecule has 4 rings (SSSR count). The lowest BCUT2D eigenvalue weighted by Gasteiger charge is -2.42. The molecule has 0 unspecified atom stereocenters. The van der Waals surface area contributed by atoms with Crippen LogP contribution in [0.25, 0.3) is 0 Å². The van der Waals surface area contributed by atoms with E-state index in [1.807, 2.05) is 9.80 Å². The van der Waals surface area contributed by atoms with Gasteiger partial charge >= 0.3 is 0 Å². The number of carbonyl (C=O) groups is 2. The number of piperidine rings is 1. The lowest BCUT2D eigenvalue weighted by atomic mass is 9.98. The lowest BCUT2D eigenvalue weighted by molar-refractivity contribution is -0.157. The number of carbonyl (C=O) groups excluding carboxylic acids is 2. The fraction of sp³-hybridized carbons (Fsp3) is 0.652.